The Morgan fingerprint density at radius 3 is 2.59 bits per heavy atom. The van der Waals surface area contributed by atoms with Crippen LogP contribution in [-0.4, -0.2) is 49.6 Å². The van der Waals surface area contributed by atoms with E-state index >= 15 is 0 Å². The summed E-state index contributed by atoms with van der Waals surface area (Å²) in [5, 5.41) is 2.07. The van der Waals surface area contributed by atoms with Crippen LogP contribution in [0.1, 0.15) is 42.2 Å². The molecule has 2 fully saturated rings. The first kappa shape index (κ1) is 18.8. The summed E-state index contributed by atoms with van der Waals surface area (Å²) >= 11 is 1.72. The van der Waals surface area contributed by atoms with E-state index in [4.69, 9.17) is 0 Å². The largest absolute Gasteiger partial charge is 0.355 e. The molecule has 3 aliphatic rings. The zero-order valence-corrected chi connectivity index (χ0v) is 17.7. The van der Waals surface area contributed by atoms with Crippen molar-refractivity contribution < 1.29 is 13.2 Å². The van der Waals surface area contributed by atoms with Gasteiger partial charge in [-0.1, -0.05) is 18.2 Å². The van der Waals surface area contributed by atoms with Gasteiger partial charge in [-0.2, -0.15) is 8.42 Å². The van der Waals surface area contributed by atoms with Crippen molar-refractivity contribution in [3.63, 3.8) is 0 Å². The Morgan fingerprint density at radius 2 is 1.83 bits per heavy atom. The molecule has 2 saturated heterocycles. The van der Waals surface area contributed by atoms with Crippen LogP contribution in [0.25, 0.3) is 0 Å². The van der Waals surface area contributed by atoms with Crippen LogP contribution in [-0.2, 0) is 14.8 Å². The summed E-state index contributed by atoms with van der Waals surface area (Å²) in [5.74, 6) is 0.784. The molecule has 29 heavy (non-hydrogen) atoms. The highest BCUT2D eigenvalue weighted by molar-refractivity contribution is 7.90. The van der Waals surface area contributed by atoms with Gasteiger partial charge in [0.15, 0.2) is 5.84 Å². The van der Waals surface area contributed by atoms with E-state index in [1.54, 1.807) is 23.5 Å². The minimum absolute atomic E-state index is 0.000617. The maximum absolute atomic E-state index is 13.2. The molecule has 6 nitrogen and oxygen atoms in total. The molecule has 4 heterocycles. The van der Waals surface area contributed by atoms with Crippen molar-refractivity contribution in [2.24, 2.45) is 10.3 Å². The number of thiophene rings is 1. The molecule has 152 valence electrons. The van der Waals surface area contributed by atoms with E-state index in [1.165, 1.54) is 4.88 Å². The monoisotopic (exact) mass is 429 g/mol. The van der Waals surface area contributed by atoms with Crippen molar-refractivity contribution in [1.82, 2.24) is 9.80 Å². The highest BCUT2D eigenvalue weighted by Crippen LogP contribution is 2.37. The molecular formula is C21H23N3O3S2. The lowest BCUT2D eigenvalue weighted by Gasteiger charge is -2.35. The first-order chi connectivity index (χ1) is 14.0. The average molecular weight is 430 g/mol. The van der Waals surface area contributed by atoms with Crippen LogP contribution in [0.3, 0.4) is 0 Å². The fourth-order valence-corrected chi connectivity index (χ4v) is 6.80. The van der Waals surface area contributed by atoms with Crippen LogP contribution < -0.4 is 0 Å². The molecule has 8 heteroatoms. The summed E-state index contributed by atoms with van der Waals surface area (Å²) in [4.78, 5) is 18.9. The Morgan fingerprint density at radius 1 is 1.03 bits per heavy atom. The lowest BCUT2D eigenvalue weighted by molar-refractivity contribution is -0.137. The molecule has 0 spiro atoms. The van der Waals surface area contributed by atoms with Crippen LogP contribution in [0, 0.1) is 5.92 Å². The van der Waals surface area contributed by atoms with Gasteiger partial charge in [0.2, 0.25) is 5.91 Å². The van der Waals surface area contributed by atoms with Crippen LogP contribution in [0.5, 0.6) is 0 Å². The van der Waals surface area contributed by atoms with Crippen molar-refractivity contribution in [3.05, 3.63) is 52.2 Å². The van der Waals surface area contributed by atoms with Crippen molar-refractivity contribution in [1.29, 1.82) is 0 Å². The second-order valence-electron chi connectivity index (χ2n) is 7.85. The van der Waals surface area contributed by atoms with Gasteiger partial charge in [0, 0.05) is 36.0 Å². The van der Waals surface area contributed by atoms with Gasteiger partial charge in [-0.25, -0.2) is 0 Å². The lowest BCUT2D eigenvalue weighted by Crippen LogP contribution is -2.44. The maximum atomic E-state index is 13.2. The number of carbonyl (C=O) groups excluding carboxylic acids is 1. The molecule has 2 aromatic rings. The number of amides is 1. The molecule has 5 rings (SSSR count). The standard InChI is InChI=1S/C21H23N3O3S2/c25-21(24-11-3-6-17(24)18-7-4-14-28-18)15-9-12-23(13-10-15)20-16-5-1-2-8-19(16)29(26,27)22-20/h1-2,4-5,7-8,14-15,17H,3,6,9-13H2. The molecular weight excluding hydrogens is 406 g/mol. The summed E-state index contributed by atoms with van der Waals surface area (Å²) in [6, 6.07) is 11.4. The van der Waals surface area contributed by atoms with Crippen molar-refractivity contribution >= 4 is 33.1 Å². The Hall–Kier alpha value is -2.19. The summed E-state index contributed by atoms with van der Waals surface area (Å²) in [5.41, 5.74) is 0.676. The number of carbonyl (C=O) groups is 1. The minimum Gasteiger partial charge on any atom is -0.355 e. The summed E-state index contributed by atoms with van der Waals surface area (Å²) in [7, 11) is -3.61. The van der Waals surface area contributed by atoms with Crippen LogP contribution in [0.2, 0.25) is 0 Å². The van der Waals surface area contributed by atoms with Crippen LogP contribution in [0.15, 0.2) is 51.1 Å². The molecule has 0 aliphatic carbocycles. The van der Waals surface area contributed by atoms with E-state index < -0.39 is 10.0 Å². The fourth-order valence-electron chi connectivity index (χ4n) is 4.70. The summed E-state index contributed by atoms with van der Waals surface area (Å²) in [6.07, 6.45) is 3.55. The Labute approximate surface area is 174 Å². The third kappa shape index (κ3) is 3.28. The van der Waals surface area contributed by atoms with Crippen molar-refractivity contribution in [3.8, 4) is 0 Å². The molecule has 0 bridgehead atoms. The highest BCUT2D eigenvalue weighted by atomic mass is 32.2. The van der Waals surface area contributed by atoms with Gasteiger partial charge in [0.25, 0.3) is 10.0 Å². The maximum Gasteiger partial charge on any atom is 0.285 e. The SMILES string of the molecule is O=C(C1CCN(C2=NS(=O)(=O)c3ccccc32)CC1)N1CCCC1c1cccs1. The number of likely N-dealkylation sites (tertiary alicyclic amines) is 2. The predicted molar refractivity (Wildman–Crippen MR) is 112 cm³/mol. The van der Waals surface area contributed by atoms with Gasteiger partial charge < -0.3 is 9.80 Å². The normalized spacial score (nSPS) is 23.9. The van der Waals surface area contributed by atoms with Crippen molar-refractivity contribution in [2.75, 3.05) is 19.6 Å². The molecule has 0 saturated carbocycles. The third-order valence-electron chi connectivity index (χ3n) is 6.16. The number of hydrogen-bond acceptors (Lipinski definition) is 5. The van der Waals surface area contributed by atoms with Gasteiger partial charge in [0.05, 0.1) is 6.04 Å². The zero-order valence-electron chi connectivity index (χ0n) is 16.0. The van der Waals surface area contributed by atoms with E-state index in [2.05, 4.69) is 20.7 Å². The minimum atomic E-state index is -3.61. The fraction of sp³-hybridized carbons (Fsp3) is 0.429. The van der Waals surface area contributed by atoms with Gasteiger partial charge in [0.1, 0.15) is 4.90 Å². The summed E-state index contributed by atoms with van der Waals surface area (Å²) < 4.78 is 28.7. The smallest absolute Gasteiger partial charge is 0.285 e. The zero-order chi connectivity index (χ0) is 20.0. The van der Waals surface area contributed by atoms with E-state index in [-0.39, 0.29) is 22.8 Å². The van der Waals surface area contributed by atoms with Gasteiger partial charge in [-0.3, -0.25) is 4.79 Å². The summed E-state index contributed by atoms with van der Waals surface area (Å²) in [6.45, 7) is 2.13. The van der Waals surface area contributed by atoms with E-state index in [9.17, 15) is 13.2 Å². The van der Waals surface area contributed by atoms with Crippen molar-refractivity contribution in [2.45, 2.75) is 36.6 Å². The Bertz CT molecular complexity index is 1050. The second kappa shape index (κ2) is 7.25. The number of benzene rings is 1. The molecule has 1 amide bonds. The molecule has 1 unspecified atom stereocenters. The Balaban J connectivity index is 1.28. The predicted octanol–water partition coefficient (Wildman–Crippen LogP) is 3.27. The van der Waals surface area contributed by atoms with Gasteiger partial charge in [-0.15, -0.1) is 15.7 Å². The Kier molecular flexibility index (Phi) is 4.70. The van der Waals surface area contributed by atoms with Crippen LogP contribution >= 0.6 is 11.3 Å². The first-order valence-electron chi connectivity index (χ1n) is 10.1. The van der Waals surface area contributed by atoms with E-state index in [0.717, 1.165) is 32.2 Å². The van der Waals surface area contributed by atoms with Gasteiger partial charge >= 0.3 is 0 Å². The third-order valence-corrected chi connectivity index (χ3v) is 8.46. The molecule has 1 atom stereocenters. The first-order valence-corrected chi connectivity index (χ1v) is 12.4. The molecule has 3 aliphatic heterocycles. The number of sulfonamides is 1. The molecule has 0 radical (unpaired) electrons. The molecule has 1 aromatic carbocycles. The number of amidine groups is 1. The number of rotatable bonds is 2. The highest BCUT2D eigenvalue weighted by Gasteiger charge is 2.38. The number of fused-ring (bicyclic) bond motifs is 1. The number of piperidine rings is 1. The average Bonchev–Trinajstić information content (AvgIpc) is 3.47. The van der Waals surface area contributed by atoms with Crippen LogP contribution in [0.4, 0.5) is 0 Å². The quantitative estimate of drug-likeness (QED) is 0.735. The van der Waals surface area contributed by atoms with E-state index in [0.29, 0.717) is 24.5 Å². The molecule has 0 N–H and O–H groups in total. The lowest BCUT2D eigenvalue weighted by atomic mass is 9.94. The van der Waals surface area contributed by atoms with E-state index in [1.807, 2.05) is 23.1 Å². The second-order valence-corrected chi connectivity index (χ2v) is 10.4. The topological polar surface area (TPSA) is 70.0 Å². The number of hydrogen-bond donors (Lipinski definition) is 0. The molecule has 1 aromatic heterocycles. The van der Waals surface area contributed by atoms with Gasteiger partial charge in [-0.05, 0) is 49.3 Å². The number of nitrogens with zero attached hydrogens (tertiary/aromatic N) is 3.